The van der Waals surface area contributed by atoms with Gasteiger partial charge in [-0.1, -0.05) is 30.3 Å². The summed E-state index contributed by atoms with van der Waals surface area (Å²) in [5, 5.41) is 17.9. The van der Waals surface area contributed by atoms with Crippen LogP contribution >= 0.6 is 0 Å². The van der Waals surface area contributed by atoms with E-state index in [1.807, 2.05) is 0 Å². The van der Waals surface area contributed by atoms with E-state index in [4.69, 9.17) is 19.7 Å². The van der Waals surface area contributed by atoms with E-state index in [-0.39, 0.29) is 17.7 Å². The molecule has 0 aliphatic carbocycles. The number of ether oxygens (including phenoxy) is 2. The lowest BCUT2D eigenvalue weighted by atomic mass is 9.97. The molecule has 0 unspecified atom stereocenters. The lowest BCUT2D eigenvalue weighted by Crippen LogP contribution is -2.28. The summed E-state index contributed by atoms with van der Waals surface area (Å²) in [5.41, 5.74) is 1.45. The minimum absolute atomic E-state index is 0.120. The zero-order valence-corrected chi connectivity index (χ0v) is 17.5. The summed E-state index contributed by atoms with van der Waals surface area (Å²) >= 11 is 0. The number of Topliss-reactive ketones (excluding diaryl/α,β-unsaturated/α-hetero) is 1. The number of benzene rings is 3. The summed E-state index contributed by atoms with van der Waals surface area (Å²) in [6.45, 7) is -1.49. The number of halogens is 2. The van der Waals surface area contributed by atoms with Gasteiger partial charge < -0.3 is 19.7 Å². The first-order chi connectivity index (χ1) is 15.9. The van der Waals surface area contributed by atoms with Crippen LogP contribution < -0.4 is 4.74 Å². The van der Waals surface area contributed by atoms with Crippen molar-refractivity contribution in [2.45, 2.75) is 12.5 Å². The number of hydrogen-bond acceptors (Lipinski definition) is 6. The van der Waals surface area contributed by atoms with Gasteiger partial charge in [0.1, 0.15) is 23.5 Å². The molecule has 0 aliphatic heterocycles. The van der Waals surface area contributed by atoms with E-state index < -0.39 is 49.3 Å². The molecule has 0 bridgehead atoms. The van der Waals surface area contributed by atoms with Gasteiger partial charge in [-0.15, -0.1) is 0 Å². The van der Waals surface area contributed by atoms with Crippen LogP contribution in [0.1, 0.15) is 15.9 Å². The Kier molecular flexibility index (Phi) is 8.23. The zero-order chi connectivity index (χ0) is 23.8. The minimum Gasteiger partial charge on any atom is -0.482 e. The molecule has 2 N–H and O–H groups in total. The van der Waals surface area contributed by atoms with Gasteiger partial charge in [-0.3, -0.25) is 4.79 Å². The molecular formula is C25H22F2O6. The fourth-order valence-electron chi connectivity index (χ4n) is 3.11. The summed E-state index contributed by atoms with van der Waals surface area (Å²) in [6, 6.07) is 16.2. The van der Waals surface area contributed by atoms with Crippen LogP contribution in [0.5, 0.6) is 5.75 Å². The van der Waals surface area contributed by atoms with E-state index in [2.05, 4.69) is 0 Å². The SMILES string of the molecule is O=C(COc1cccc(CC(=O)c2cc(-c3cccc(F)c3)ccc2F)c1)OC(CO)CO. The third kappa shape index (κ3) is 6.68. The zero-order valence-electron chi connectivity index (χ0n) is 17.5. The predicted octanol–water partition coefficient (Wildman–Crippen LogP) is 3.33. The second-order valence-electron chi connectivity index (χ2n) is 7.22. The third-order valence-corrected chi connectivity index (χ3v) is 4.75. The second-order valence-corrected chi connectivity index (χ2v) is 7.22. The molecule has 0 saturated carbocycles. The van der Waals surface area contributed by atoms with E-state index in [0.717, 1.165) is 0 Å². The van der Waals surface area contributed by atoms with E-state index in [1.165, 1.54) is 42.5 Å². The standard InChI is InChI=1S/C25H22F2O6/c26-19-5-2-4-17(11-19)18-7-8-23(27)22(12-18)24(30)10-16-3-1-6-20(9-16)32-15-25(31)33-21(13-28)14-29/h1-9,11-12,21,28-29H,10,13-15H2. The molecule has 0 atom stereocenters. The highest BCUT2D eigenvalue weighted by Crippen LogP contribution is 2.24. The molecule has 8 heteroatoms. The van der Waals surface area contributed by atoms with Crippen LogP contribution in [0.3, 0.4) is 0 Å². The normalized spacial score (nSPS) is 10.8. The summed E-state index contributed by atoms with van der Waals surface area (Å²) < 4.78 is 38.0. The number of aliphatic hydroxyl groups excluding tert-OH is 2. The van der Waals surface area contributed by atoms with Gasteiger partial charge in [-0.05, 0) is 53.1 Å². The Morgan fingerprint density at radius 1 is 0.879 bits per heavy atom. The lowest BCUT2D eigenvalue weighted by Gasteiger charge is -2.13. The largest absolute Gasteiger partial charge is 0.482 e. The number of aliphatic hydroxyl groups is 2. The Bertz CT molecular complexity index is 1130. The van der Waals surface area contributed by atoms with Crippen LogP contribution in [0.25, 0.3) is 11.1 Å². The quantitative estimate of drug-likeness (QED) is 0.359. The molecule has 0 saturated heterocycles. The monoisotopic (exact) mass is 456 g/mol. The van der Waals surface area contributed by atoms with Gasteiger partial charge in [0.15, 0.2) is 12.4 Å². The van der Waals surface area contributed by atoms with Gasteiger partial charge in [0, 0.05) is 6.42 Å². The Labute approximate surface area is 189 Å². The molecule has 172 valence electrons. The van der Waals surface area contributed by atoms with Crippen molar-refractivity contribution in [1.82, 2.24) is 0 Å². The number of rotatable bonds is 10. The maximum atomic E-state index is 14.4. The van der Waals surface area contributed by atoms with Crippen LogP contribution in [0.15, 0.2) is 66.7 Å². The molecule has 33 heavy (non-hydrogen) atoms. The number of carbonyl (C=O) groups is 2. The van der Waals surface area contributed by atoms with Crippen molar-refractivity contribution in [3.8, 4) is 16.9 Å². The van der Waals surface area contributed by atoms with Gasteiger partial charge >= 0.3 is 5.97 Å². The van der Waals surface area contributed by atoms with Gasteiger partial charge in [0.05, 0.1) is 18.8 Å². The highest BCUT2D eigenvalue weighted by molar-refractivity contribution is 5.98. The summed E-state index contributed by atoms with van der Waals surface area (Å²) in [6.07, 6.45) is -1.15. The number of esters is 1. The van der Waals surface area contributed by atoms with Crippen molar-refractivity contribution in [2.24, 2.45) is 0 Å². The van der Waals surface area contributed by atoms with Crippen molar-refractivity contribution in [3.05, 3.63) is 89.5 Å². The molecule has 3 rings (SSSR count). The molecule has 3 aromatic rings. The maximum Gasteiger partial charge on any atom is 0.344 e. The minimum atomic E-state index is -1.02. The van der Waals surface area contributed by atoms with Crippen LogP contribution in [0.2, 0.25) is 0 Å². The molecule has 0 aromatic heterocycles. The van der Waals surface area contributed by atoms with Crippen molar-refractivity contribution in [2.75, 3.05) is 19.8 Å². The molecule has 0 radical (unpaired) electrons. The molecule has 0 amide bonds. The summed E-state index contributed by atoms with van der Waals surface area (Å²) in [7, 11) is 0. The molecule has 0 spiro atoms. The topological polar surface area (TPSA) is 93.1 Å². The number of hydrogen-bond donors (Lipinski definition) is 2. The maximum absolute atomic E-state index is 14.4. The average Bonchev–Trinajstić information content (AvgIpc) is 2.81. The van der Waals surface area contributed by atoms with Crippen molar-refractivity contribution < 1.29 is 38.1 Å². The first-order valence-electron chi connectivity index (χ1n) is 10.1. The summed E-state index contributed by atoms with van der Waals surface area (Å²) in [4.78, 5) is 24.5. The van der Waals surface area contributed by atoms with Gasteiger partial charge in [0.25, 0.3) is 0 Å². The lowest BCUT2D eigenvalue weighted by molar-refractivity contribution is -0.155. The van der Waals surface area contributed by atoms with Crippen molar-refractivity contribution in [3.63, 3.8) is 0 Å². The van der Waals surface area contributed by atoms with Crippen molar-refractivity contribution in [1.29, 1.82) is 0 Å². The van der Waals surface area contributed by atoms with Crippen LogP contribution in [-0.4, -0.2) is 47.9 Å². The predicted molar refractivity (Wildman–Crippen MR) is 116 cm³/mol. The Hall–Kier alpha value is -3.62. The Morgan fingerprint density at radius 2 is 1.61 bits per heavy atom. The van der Waals surface area contributed by atoms with E-state index >= 15 is 0 Å². The molecule has 3 aromatic carbocycles. The third-order valence-electron chi connectivity index (χ3n) is 4.75. The molecule has 6 nitrogen and oxygen atoms in total. The van der Waals surface area contributed by atoms with E-state index in [0.29, 0.717) is 16.7 Å². The van der Waals surface area contributed by atoms with Gasteiger partial charge in [0.2, 0.25) is 0 Å². The Balaban J connectivity index is 1.68. The first-order valence-corrected chi connectivity index (χ1v) is 10.1. The fourth-order valence-corrected chi connectivity index (χ4v) is 3.11. The van der Waals surface area contributed by atoms with Crippen molar-refractivity contribution >= 4 is 11.8 Å². The van der Waals surface area contributed by atoms with Crippen LogP contribution in [-0.2, 0) is 16.0 Å². The van der Waals surface area contributed by atoms with E-state index in [9.17, 15) is 18.4 Å². The Morgan fingerprint density at radius 3 is 2.33 bits per heavy atom. The molecule has 0 heterocycles. The van der Waals surface area contributed by atoms with Crippen LogP contribution in [0.4, 0.5) is 8.78 Å². The molecule has 0 aliphatic rings. The number of carbonyl (C=O) groups excluding carboxylic acids is 2. The van der Waals surface area contributed by atoms with Crippen LogP contribution in [0, 0.1) is 11.6 Å². The van der Waals surface area contributed by atoms with E-state index in [1.54, 1.807) is 24.3 Å². The fraction of sp³-hybridized carbons (Fsp3) is 0.200. The smallest absolute Gasteiger partial charge is 0.344 e. The highest BCUT2D eigenvalue weighted by Gasteiger charge is 2.16. The second kappa shape index (κ2) is 11.3. The molecular weight excluding hydrogens is 434 g/mol. The van der Waals surface area contributed by atoms with Gasteiger partial charge in [-0.25, -0.2) is 13.6 Å². The average molecular weight is 456 g/mol. The number of ketones is 1. The first kappa shape index (κ1) is 24.0. The molecule has 0 fully saturated rings. The van der Waals surface area contributed by atoms with Gasteiger partial charge in [-0.2, -0.15) is 0 Å². The summed E-state index contributed by atoms with van der Waals surface area (Å²) in [5.74, 6) is -2.08. The highest BCUT2D eigenvalue weighted by atomic mass is 19.1.